The third-order valence-electron chi connectivity index (χ3n) is 2.25. The van der Waals surface area contributed by atoms with Crippen LogP contribution in [0.15, 0.2) is 0 Å². The smallest absolute Gasteiger partial charge is 0.242 e. The lowest BCUT2D eigenvalue weighted by molar-refractivity contribution is -0.137. The van der Waals surface area contributed by atoms with Crippen LogP contribution < -0.4 is 5.73 Å². The van der Waals surface area contributed by atoms with Gasteiger partial charge in [0.1, 0.15) is 0 Å². The second-order valence-corrected chi connectivity index (χ2v) is 5.00. The number of nitrogens with two attached hydrogens (primary N) is 1. The molecule has 80 valence electrons. The number of hydrogen-bond acceptors (Lipinski definition) is 4. The Hall–Kier alpha value is -0.550. The zero-order valence-electron chi connectivity index (χ0n) is 8.53. The molecule has 2 N–H and O–H groups in total. The second kappa shape index (κ2) is 4.79. The summed E-state index contributed by atoms with van der Waals surface area (Å²) in [6.07, 6.45) is 0.335. The maximum absolute atomic E-state index is 11.6. The van der Waals surface area contributed by atoms with Crippen molar-refractivity contribution in [2.75, 3.05) is 13.1 Å². The van der Waals surface area contributed by atoms with Gasteiger partial charge in [-0.1, -0.05) is 6.92 Å². The first-order valence-electron chi connectivity index (χ1n) is 4.79. The van der Waals surface area contributed by atoms with E-state index in [1.165, 1.54) is 16.7 Å². The number of nitrogens with zero attached hydrogens (tertiary/aromatic N) is 1. The molecular weight excluding hydrogens is 200 g/mol. The first-order valence-corrected chi connectivity index (χ1v) is 5.74. The van der Waals surface area contributed by atoms with Gasteiger partial charge in [0, 0.05) is 24.8 Å². The highest BCUT2D eigenvalue weighted by molar-refractivity contribution is 8.01. The van der Waals surface area contributed by atoms with Crippen LogP contribution in [0.25, 0.3) is 0 Å². The molecule has 2 atom stereocenters. The van der Waals surface area contributed by atoms with Gasteiger partial charge in [0.15, 0.2) is 0 Å². The molecule has 2 amide bonds. The van der Waals surface area contributed by atoms with Gasteiger partial charge in [0.05, 0.1) is 5.25 Å². The first kappa shape index (κ1) is 11.5. The Morgan fingerprint density at radius 3 is 2.71 bits per heavy atom. The van der Waals surface area contributed by atoms with E-state index in [0.29, 0.717) is 19.5 Å². The summed E-state index contributed by atoms with van der Waals surface area (Å²) >= 11 is 1.50. The SMILES string of the molecule is CCN1C(=O)CC(SC(C)CN)C1=O. The normalized spacial score (nSPS) is 24.5. The number of carbonyl (C=O) groups excluding carboxylic acids is 2. The Bertz CT molecular complexity index is 245. The van der Waals surface area contributed by atoms with Crippen LogP contribution in [0.1, 0.15) is 20.3 Å². The van der Waals surface area contributed by atoms with Crippen LogP contribution in [-0.4, -0.2) is 40.3 Å². The van der Waals surface area contributed by atoms with Crippen molar-refractivity contribution < 1.29 is 9.59 Å². The van der Waals surface area contributed by atoms with Crippen molar-refractivity contribution in [3.8, 4) is 0 Å². The fourth-order valence-electron chi connectivity index (χ4n) is 1.43. The molecule has 1 aliphatic heterocycles. The first-order chi connectivity index (χ1) is 6.60. The average Bonchev–Trinajstić information content (AvgIpc) is 2.42. The van der Waals surface area contributed by atoms with E-state index in [0.717, 1.165) is 0 Å². The quantitative estimate of drug-likeness (QED) is 0.683. The Labute approximate surface area is 88.2 Å². The summed E-state index contributed by atoms with van der Waals surface area (Å²) in [5.74, 6) is -0.109. The third kappa shape index (κ3) is 2.27. The van der Waals surface area contributed by atoms with Crippen molar-refractivity contribution >= 4 is 23.6 Å². The van der Waals surface area contributed by atoms with Crippen LogP contribution in [0, 0.1) is 0 Å². The van der Waals surface area contributed by atoms with Crippen molar-refractivity contribution in [1.82, 2.24) is 4.90 Å². The molecule has 0 aromatic rings. The van der Waals surface area contributed by atoms with E-state index in [9.17, 15) is 9.59 Å². The van der Waals surface area contributed by atoms with Gasteiger partial charge in [-0.15, -0.1) is 11.8 Å². The summed E-state index contributed by atoms with van der Waals surface area (Å²) in [6.45, 7) is 4.80. The van der Waals surface area contributed by atoms with Crippen molar-refractivity contribution in [3.05, 3.63) is 0 Å². The molecule has 0 saturated carbocycles. The van der Waals surface area contributed by atoms with Crippen molar-refractivity contribution in [1.29, 1.82) is 0 Å². The van der Waals surface area contributed by atoms with Crippen LogP contribution in [0.4, 0.5) is 0 Å². The molecule has 0 bridgehead atoms. The van der Waals surface area contributed by atoms with Crippen LogP contribution in [0.2, 0.25) is 0 Å². The van der Waals surface area contributed by atoms with E-state index in [1.54, 1.807) is 0 Å². The van der Waals surface area contributed by atoms with E-state index >= 15 is 0 Å². The molecule has 2 unspecified atom stereocenters. The molecule has 1 aliphatic rings. The zero-order chi connectivity index (χ0) is 10.7. The third-order valence-corrected chi connectivity index (χ3v) is 3.60. The highest BCUT2D eigenvalue weighted by Gasteiger charge is 2.38. The summed E-state index contributed by atoms with van der Waals surface area (Å²) in [4.78, 5) is 24.3. The number of carbonyl (C=O) groups is 2. The van der Waals surface area contributed by atoms with E-state index in [-0.39, 0.29) is 22.3 Å². The zero-order valence-corrected chi connectivity index (χ0v) is 9.34. The number of amides is 2. The molecule has 0 aromatic heterocycles. The molecule has 0 aromatic carbocycles. The fraction of sp³-hybridized carbons (Fsp3) is 0.778. The molecule has 1 fully saturated rings. The summed E-state index contributed by atoms with van der Waals surface area (Å²) in [7, 11) is 0. The maximum atomic E-state index is 11.6. The average molecular weight is 216 g/mol. The lowest BCUT2D eigenvalue weighted by atomic mass is 10.3. The van der Waals surface area contributed by atoms with E-state index < -0.39 is 0 Å². The molecule has 5 heteroatoms. The summed E-state index contributed by atoms with van der Waals surface area (Å²) in [5, 5.41) is 0.0227. The maximum Gasteiger partial charge on any atom is 0.242 e. The Kier molecular flexibility index (Phi) is 3.95. The van der Waals surface area contributed by atoms with Crippen LogP contribution in [-0.2, 0) is 9.59 Å². The fourth-order valence-corrected chi connectivity index (χ4v) is 2.58. The lowest BCUT2D eigenvalue weighted by Crippen LogP contribution is -2.31. The molecule has 4 nitrogen and oxygen atoms in total. The van der Waals surface area contributed by atoms with Gasteiger partial charge in [0.2, 0.25) is 11.8 Å². The number of imide groups is 1. The highest BCUT2D eigenvalue weighted by Crippen LogP contribution is 2.27. The topological polar surface area (TPSA) is 63.4 Å². The monoisotopic (exact) mass is 216 g/mol. The lowest BCUT2D eigenvalue weighted by Gasteiger charge is -2.14. The number of hydrogen-bond donors (Lipinski definition) is 1. The van der Waals surface area contributed by atoms with Crippen molar-refractivity contribution in [3.63, 3.8) is 0 Å². The Balaban J connectivity index is 2.58. The number of likely N-dealkylation sites (tertiary alicyclic amines) is 1. The highest BCUT2D eigenvalue weighted by atomic mass is 32.2. The van der Waals surface area contributed by atoms with Gasteiger partial charge < -0.3 is 5.73 Å². The van der Waals surface area contributed by atoms with Gasteiger partial charge in [-0.25, -0.2) is 0 Å². The molecule has 1 saturated heterocycles. The molecule has 1 heterocycles. The van der Waals surface area contributed by atoms with Gasteiger partial charge in [0.25, 0.3) is 0 Å². The van der Waals surface area contributed by atoms with Crippen LogP contribution >= 0.6 is 11.8 Å². The summed E-state index contributed by atoms with van der Waals surface area (Å²) < 4.78 is 0. The molecule has 0 spiro atoms. The largest absolute Gasteiger partial charge is 0.329 e. The predicted octanol–water partition coefficient (Wildman–Crippen LogP) is 0.214. The van der Waals surface area contributed by atoms with E-state index in [1.807, 2.05) is 13.8 Å². The minimum Gasteiger partial charge on any atom is -0.329 e. The van der Waals surface area contributed by atoms with Gasteiger partial charge >= 0.3 is 0 Å². The van der Waals surface area contributed by atoms with Crippen LogP contribution in [0.5, 0.6) is 0 Å². The molecule has 0 radical (unpaired) electrons. The Morgan fingerprint density at radius 2 is 2.29 bits per heavy atom. The number of rotatable bonds is 4. The summed E-state index contributed by atoms with van der Waals surface area (Å²) in [6, 6.07) is 0. The predicted molar refractivity (Wildman–Crippen MR) is 56.9 cm³/mol. The Morgan fingerprint density at radius 1 is 1.64 bits per heavy atom. The van der Waals surface area contributed by atoms with Gasteiger partial charge in [-0.2, -0.15) is 0 Å². The molecular formula is C9H16N2O2S. The molecule has 14 heavy (non-hydrogen) atoms. The summed E-state index contributed by atoms with van der Waals surface area (Å²) in [5.41, 5.74) is 5.47. The van der Waals surface area contributed by atoms with Crippen LogP contribution in [0.3, 0.4) is 0 Å². The van der Waals surface area contributed by atoms with Crippen molar-refractivity contribution in [2.45, 2.75) is 30.8 Å². The van der Waals surface area contributed by atoms with E-state index in [4.69, 9.17) is 5.73 Å². The minimum absolute atomic E-state index is 0.0530. The standard InChI is InChI=1S/C9H16N2O2S/c1-3-11-8(12)4-7(9(11)13)14-6(2)5-10/h6-7H,3-5,10H2,1-2H3. The van der Waals surface area contributed by atoms with Gasteiger partial charge in [-0.05, 0) is 6.92 Å². The molecule has 1 rings (SSSR count). The second-order valence-electron chi connectivity index (χ2n) is 3.35. The van der Waals surface area contributed by atoms with E-state index in [2.05, 4.69) is 0 Å². The number of thioether (sulfide) groups is 1. The minimum atomic E-state index is -0.207. The van der Waals surface area contributed by atoms with Gasteiger partial charge in [-0.3, -0.25) is 14.5 Å². The van der Waals surface area contributed by atoms with Crippen molar-refractivity contribution in [2.24, 2.45) is 5.73 Å². The molecule has 0 aliphatic carbocycles.